The zero-order chi connectivity index (χ0) is 15.6. The van der Waals surface area contributed by atoms with E-state index in [1.54, 1.807) is 6.07 Å². The van der Waals surface area contributed by atoms with Crippen LogP contribution in [-0.2, 0) is 0 Å². The van der Waals surface area contributed by atoms with Crippen LogP contribution in [0.2, 0.25) is 5.02 Å². The fourth-order valence-electron chi connectivity index (χ4n) is 2.04. The van der Waals surface area contributed by atoms with Crippen LogP contribution in [0.15, 0.2) is 36.4 Å². The summed E-state index contributed by atoms with van der Waals surface area (Å²) in [6.45, 7) is 4.07. The molecule has 3 N–H and O–H groups in total. The minimum absolute atomic E-state index is 0.0569. The van der Waals surface area contributed by atoms with E-state index in [0.717, 1.165) is 5.56 Å². The molecule has 0 spiro atoms. The van der Waals surface area contributed by atoms with E-state index >= 15 is 0 Å². The first-order valence-electron chi connectivity index (χ1n) is 6.49. The van der Waals surface area contributed by atoms with Gasteiger partial charge in [-0.25, -0.2) is 4.79 Å². The Morgan fingerprint density at radius 2 is 1.95 bits per heavy atom. The highest BCUT2D eigenvalue weighted by Crippen LogP contribution is 2.37. The van der Waals surface area contributed by atoms with Crippen molar-refractivity contribution in [3.8, 4) is 11.5 Å². The second-order valence-corrected chi connectivity index (χ2v) is 5.39. The lowest BCUT2D eigenvalue weighted by molar-refractivity contribution is 0.0694. The number of hydrogen-bond donors (Lipinski definition) is 2. The highest BCUT2D eigenvalue weighted by molar-refractivity contribution is 6.33. The van der Waals surface area contributed by atoms with Gasteiger partial charge < -0.3 is 15.6 Å². The zero-order valence-corrected chi connectivity index (χ0v) is 12.5. The standard InChI is InChI=1S/C16H16ClNO3/c1-9(2)11-5-3-4-6-14(11)21-15-12(16(19)20)7-10(18)8-13(15)17/h3-9H,18H2,1-2H3,(H,19,20). The van der Waals surface area contributed by atoms with Crippen LogP contribution in [0, 0.1) is 0 Å². The molecule has 110 valence electrons. The van der Waals surface area contributed by atoms with Crippen LogP contribution in [0.3, 0.4) is 0 Å². The predicted octanol–water partition coefficient (Wildman–Crippen LogP) is 4.54. The Morgan fingerprint density at radius 3 is 2.57 bits per heavy atom. The molecule has 0 aliphatic heterocycles. The predicted molar refractivity (Wildman–Crippen MR) is 83.4 cm³/mol. The summed E-state index contributed by atoms with van der Waals surface area (Å²) >= 11 is 6.09. The number of halogens is 1. The van der Waals surface area contributed by atoms with Crippen LogP contribution in [0.25, 0.3) is 0 Å². The molecule has 0 heterocycles. The summed E-state index contributed by atoms with van der Waals surface area (Å²) in [5.74, 6) is -0.212. The number of rotatable bonds is 4. The summed E-state index contributed by atoms with van der Waals surface area (Å²) in [4.78, 5) is 11.3. The van der Waals surface area contributed by atoms with E-state index < -0.39 is 5.97 Å². The molecule has 5 heteroatoms. The van der Waals surface area contributed by atoms with Crippen LogP contribution in [0.4, 0.5) is 5.69 Å². The molecule has 0 aromatic heterocycles. The van der Waals surface area contributed by atoms with Crippen molar-refractivity contribution in [3.05, 3.63) is 52.5 Å². The summed E-state index contributed by atoms with van der Waals surface area (Å²) in [6.07, 6.45) is 0. The van der Waals surface area contributed by atoms with Crippen molar-refractivity contribution in [1.29, 1.82) is 0 Å². The molecule has 0 radical (unpaired) electrons. The first-order valence-corrected chi connectivity index (χ1v) is 6.87. The smallest absolute Gasteiger partial charge is 0.339 e. The third-order valence-electron chi connectivity index (χ3n) is 3.05. The monoisotopic (exact) mass is 305 g/mol. The maximum atomic E-state index is 11.3. The van der Waals surface area contributed by atoms with E-state index in [1.807, 2.05) is 32.0 Å². The van der Waals surface area contributed by atoms with Crippen molar-refractivity contribution < 1.29 is 14.6 Å². The first-order chi connectivity index (χ1) is 9.90. The molecule has 21 heavy (non-hydrogen) atoms. The SMILES string of the molecule is CC(C)c1ccccc1Oc1c(Cl)cc(N)cc1C(=O)O. The number of nitrogen functional groups attached to an aromatic ring is 1. The quantitative estimate of drug-likeness (QED) is 0.814. The van der Waals surface area contributed by atoms with Gasteiger partial charge in [0.05, 0.1) is 5.02 Å². The third-order valence-corrected chi connectivity index (χ3v) is 3.33. The molecule has 0 amide bonds. The van der Waals surface area contributed by atoms with Gasteiger partial charge in [-0.15, -0.1) is 0 Å². The molecular formula is C16H16ClNO3. The normalized spacial score (nSPS) is 10.7. The molecule has 4 nitrogen and oxygen atoms in total. The van der Waals surface area contributed by atoms with Gasteiger partial charge in [-0.2, -0.15) is 0 Å². The molecule has 2 aromatic rings. The molecule has 0 saturated carbocycles. The second-order valence-electron chi connectivity index (χ2n) is 4.98. The van der Waals surface area contributed by atoms with E-state index in [1.165, 1.54) is 12.1 Å². The van der Waals surface area contributed by atoms with Crippen molar-refractivity contribution in [2.75, 3.05) is 5.73 Å². The van der Waals surface area contributed by atoms with Crippen molar-refractivity contribution in [2.45, 2.75) is 19.8 Å². The lowest BCUT2D eigenvalue weighted by atomic mass is 10.0. The van der Waals surface area contributed by atoms with E-state index in [9.17, 15) is 9.90 Å². The Kier molecular flexibility index (Phi) is 4.38. The number of nitrogens with two attached hydrogens (primary N) is 1. The second kappa shape index (κ2) is 6.06. The third kappa shape index (κ3) is 3.28. The number of hydrogen-bond acceptors (Lipinski definition) is 3. The van der Waals surface area contributed by atoms with Crippen LogP contribution < -0.4 is 10.5 Å². The van der Waals surface area contributed by atoms with E-state index in [4.69, 9.17) is 22.1 Å². The maximum absolute atomic E-state index is 11.3. The van der Waals surface area contributed by atoms with Crippen LogP contribution in [0.5, 0.6) is 11.5 Å². The fraction of sp³-hybridized carbons (Fsp3) is 0.188. The number of anilines is 1. The number of aromatic carboxylic acids is 1. The number of carboxylic acids is 1. The molecule has 0 aliphatic rings. The van der Waals surface area contributed by atoms with Gasteiger partial charge in [-0.1, -0.05) is 43.6 Å². The van der Waals surface area contributed by atoms with E-state index in [-0.39, 0.29) is 27.9 Å². The van der Waals surface area contributed by atoms with Crippen molar-refractivity contribution in [1.82, 2.24) is 0 Å². The molecule has 0 atom stereocenters. The molecule has 2 rings (SSSR count). The summed E-state index contributed by atoms with van der Waals surface area (Å²) in [5.41, 5.74) is 6.83. The lowest BCUT2D eigenvalue weighted by Gasteiger charge is -2.16. The van der Waals surface area contributed by atoms with Gasteiger partial charge in [0.2, 0.25) is 0 Å². The van der Waals surface area contributed by atoms with Gasteiger partial charge in [0, 0.05) is 5.69 Å². The van der Waals surface area contributed by atoms with Gasteiger partial charge in [-0.05, 0) is 29.7 Å². The Bertz CT molecular complexity index is 683. The maximum Gasteiger partial charge on any atom is 0.339 e. The summed E-state index contributed by atoms with van der Waals surface area (Å²) < 4.78 is 5.78. The minimum Gasteiger partial charge on any atom is -0.478 e. The van der Waals surface area contributed by atoms with Crippen molar-refractivity contribution in [3.63, 3.8) is 0 Å². The largest absolute Gasteiger partial charge is 0.478 e. The van der Waals surface area contributed by atoms with Crippen LogP contribution in [0.1, 0.15) is 35.7 Å². The van der Waals surface area contributed by atoms with E-state index in [2.05, 4.69) is 0 Å². The average Bonchev–Trinajstić information content (AvgIpc) is 2.41. The van der Waals surface area contributed by atoms with Gasteiger partial charge >= 0.3 is 5.97 Å². The Hall–Kier alpha value is -2.20. The highest BCUT2D eigenvalue weighted by atomic mass is 35.5. The molecule has 0 fully saturated rings. The number of carbonyl (C=O) groups is 1. The van der Waals surface area contributed by atoms with Gasteiger partial charge in [-0.3, -0.25) is 0 Å². The van der Waals surface area contributed by atoms with Gasteiger partial charge in [0.25, 0.3) is 0 Å². The fourth-order valence-corrected chi connectivity index (χ4v) is 2.30. The summed E-state index contributed by atoms with van der Waals surface area (Å²) in [5, 5.41) is 9.45. The Labute approximate surface area is 128 Å². The molecule has 2 aromatic carbocycles. The number of carboxylic acid groups (broad SMARTS) is 1. The summed E-state index contributed by atoms with van der Waals surface area (Å²) in [7, 11) is 0. The Balaban J connectivity index is 2.52. The lowest BCUT2D eigenvalue weighted by Crippen LogP contribution is -2.03. The van der Waals surface area contributed by atoms with Gasteiger partial charge in [0.1, 0.15) is 11.3 Å². The highest BCUT2D eigenvalue weighted by Gasteiger charge is 2.18. The number of para-hydroxylation sites is 1. The number of ether oxygens (including phenoxy) is 1. The van der Waals surface area contributed by atoms with Crippen LogP contribution in [-0.4, -0.2) is 11.1 Å². The van der Waals surface area contributed by atoms with E-state index in [0.29, 0.717) is 5.75 Å². The molecule has 0 bridgehead atoms. The van der Waals surface area contributed by atoms with Gasteiger partial charge in [0.15, 0.2) is 5.75 Å². The minimum atomic E-state index is -1.14. The zero-order valence-electron chi connectivity index (χ0n) is 11.8. The number of benzene rings is 2. The van der Waals surface area contributed by atoms with Crippen molar-refractivity contribution >= 4 is 23.3 Å². The average molecular weight is 306 g/mol. The topological polar surface area (TPSA) is 72.5 Å². The van der Waals surface area contributed by atoms with Crippen LogP contribution >= 0.6 is 11.6 Å². The molecular weight excluding hydrogens is 290 g/mol. The first kappa shape index (κ1) is 15.2. The molecule has 0 aliphatic carbocycles. The molecule has 0 saturated heterocycles. The summed E-state index contributed by atoms with van der Waals surface area (Å²) in [6, 6.07) is 10.3. The molecule has 0 unspecified atom stereocenters. The Morgan fingerprint density at radius 1 is 1.29 bits per heavy atom. The van der Waals surface area contributed by atoms with Crippen molar-refractivity contribution in [2.24, 2.45) is 0 Å².